The molecule has 10 nitrogen and oxygen atoms in total. The highest BCUT2D eigenvalue weighted by molar-refractivity contribution is 6.00. The summed E-state index contributed by atoms with van der Waals surface area (Å²) < 4.78 is 35.6. The molecule has 0 radical (unpaired) electrons. The minimum atomic E-state index is -1.04. The Labute approximate surface area is 216 Å². The molecule has 2 bridgehead atoms. The van der Waals surface area contributed by atoms with E-state index in [1.54, 1.807) is 18.2 Å². The van der Waals surface area contributed by atoms with Gasteiger partial charge in [-0.15, -0.1) is 0 Å². The Hall–Kier alpha value is -4.09. The van der Waals surface area contributed by atoms with Crippen molar-refractivity contribution in [1.29, 1.82) is 0 Å². The van der Waals surface area contributed by atoms with Crippen LogP contribution in [0.5, 0.6) is 5.75 Å². The number of nitrogens with two attached hydrogens (primary N) is 1. The number of nitrogens with one attached hydrogen (secondary N) is 2. The number of anilines is 1. The van der Waals surface area contributed by atoms with E-state index in [9.17, 15) is 18.4 Å². The number of benzene rings is 1. The number of aliphatic imine (C=N–C) groups is 1. The quantitative estimate of drug-likeness (QED) is 0.336. The Morgan fingerprint density at radius 1 is 1.21 bits per heavy atom. The number of hydrogen-bond donors (Lipinski definition) is 3. The maximum Gasteiger partial charge on any atom is 0.270 e. The third-order valence-electron chi connectivity index (χ3n) is 7.95. The molecular weight excluding hydrogens is 496 g/mol. The summed E-state index contributed by atoms with van der Waals surface area (Å²) in [5.74, 6) is -0.841. The van der Waals surface area contributed by atoms with Crippen molar-refractivity contribution in [2.24, 2.45) is 16.1 Å². The molecule has 4 N–H and O–H groups in total. The second-order valence-electron chi connectivity index (χ2n) is 10.5. The number of carbonyl (C=O) groups excluding carboxylic acids is 2. The molecule has 7 rings (SSSR count). The molecule has 12 heteroatoms. The predicted molar refractivity (Wildman–Crippen MR) is 134 cm³/mol. The van der Waals surface area contributed by atoms with E-state index in [-0.39, 0.29) is 47.3 Å². The zero-order chi connectivity index (χ0) is 26.5. The van der Waals surface area contributed by atoms with Gasteiger partial charge in [-0.3, -0.25) is 14.6 Å². The molecule has 2 amide bonds. The number of rotatable bonds is 6. The lowest BCUT2D eigenvalue weighted by Crippen LogP contribution is -2.45. The molecule has 2 aromatic heterocycles. The van der Waals surface area contributed by atoms with Crippen LogP contribution in [0, 0.1) is 11.2 Å². The maximum atomic E-state index is 14.6. The highest BCUT2D eigenvalue weighted by atomic mass is 19.1. The van der Waals surface area contributed by atoms with Crippen molar-refractivity contribution in [3.8, 4) is 5.75 Å². The van der Waals surface area contributed by atoms with Crippen molar-refractivity contribution in [2.75, 3.05) is 18.5 Å². The lowest BCUT2D eigenvalue weighted by Gasteiger charge is -2.49. The van der Waals surface area contributed by atoms with Crippen molar-refractivity contribution in [1.82, 2.24) is 19.9 Å². The summed E-state index contributed by atoms with van der Waals surface area (Å²) >= 11 is 0. The molecule has 1 aromatic carbocycles. The fourth-order valence-electron chi connectivity index (χ4n) is 5.54. The van der Waals surface area contributed by atoms with Gasteiger partial charge in [0.05, 0.1) is 11.9 Å². The Kier molecular flexibility index (Phi) is 5.77. The van der Waals surface area contributed by atoms with Gasteiger partial charge in [0.25, 0.3) is 11.8 Å². The highest BCUT2D eigenvalue weighted by Gasteiger charge is 2.48. The molecule has 1 aliphatic heterocycles. The summed E-state index contributed by atoms with van der Waals surface area (Å²) in [5.41, 5.74) is 6.52. The van der Waals surface area contributed by atoms with E-state index in [4.69, 9.17) is 10.5 Å². The number of aromatic nitrogens is 3. The summed E-state index contributed by atoms with van der Waals surface area (Å²) in [5, 5.41) is 9.50. The number of alkyl halides is 1. The topological polar surface area (TPSA) is 136 Å². The summed E-state index contributed by atoms with van der Waals surface area (Å²) in [7, 11) is 0. The zero-order valence-corrected chi connectivity index (χ0v) is 20.6. The molecular formula is C26H27F2N7O3. The second-order valence-corrected chi connectivity index (χ2v) is 10.5. The number of hydrogen-bond acceptors (Lipinski definition) is 6. The van der Waals surface area contributed by atoms with Gasteiger partial charge in [-0.2, -0.15) is 5.10 Å². The van der Waals surface area contributed by atoms with E-state index in [1.165, 1.54) is 10.6 Å². The Balaban J connectivity index is 1.22. The van der Waals surface area contributed by atoms with Gasteiger partial charge in [0.15, 0.2) is 18.1 Å². The molecule has 3 saturated carbocycles. The number of carbonyl (C=O) groups is 2. The maximum absolute atomic E-state index is 14.6. The van der Waals surface area contributed by atoms with E-state index < -0.39 is 17.4 Å². The van der Waals surface area contributed by atoms with Gasteiger partial charge < -0.3 is 21.1 Å². The third kappa shape index (κ3) is 4.44. The first-order valence-electron chi connectivity index (χ1n) is 12.6. The first kappa shape index (κ1) is 24.3. The van der Waals surface area contributed by atoms with Gasteiger partial charge in [0, 0.05) is 13.1 Å². The van der Waals surface area contributed by atoms with Crippen LogP contribution in [0.25, 0.3) is 5.65 Å². The van der Waals surface area contributed by atoms with Crippen LogP contribution in [0.4, 0.5) is 14.5 Å². The van der Waals surface area contributed by atoms with Crippen LogP contribution in [-0.4, -0.2) is 51.1 Å². The van der Waals surface area contributed by atoms with E-state index in [0.717, 1.165) is 31.0 Å². The standard InChI is InChI=1S/C26H27F2N7O3/c27-16-12-32-35-19(22(29)31-14-25-3-6-26(28,7-4-25)8-5-25)10-18(34-23(16)35)24(37)30-11-15-1-2-20-17(9-15)33-21(36)13-38-20/h1-2,9-10,12H,3-8,11,13-14H2,(H2,29,31)(H,30,37)(H,33,36). The average molecular weight is 524 g/mol. The molecule has 4 aliphatic rings. The van der Waals surface area contributed by atoms with Gasteiger partial charge >= 0.3 is 0 Å². The van der Waals surface area contributed by atoms with Crippen molar-refractivity contribution < 1.29 is 23.1 Å². The van der Waals surface area contributed by atoms with E-state index >= 15 is 0 Å². The molecule has 0 saturated heterocycles. The molecule has 198 valence electrons. The summed E-state index contributed by atoms with van der Waals surface area (Å²) in [4.78, 5) is 33.3. The first-order chi connectivity index (χ1) is 18.2. The fraction of sp³-hybridized carbons (Fsp3) is 0.423. The van der Waals surface area contributed by atoms with Crippen molar-refractivity contribution in [3.63, 3.8) is 0 Å². The minimum Gasteiger partial charge on any atom is -0.482 e. The SMILES string of the molecule is NC(=NCC12CCC(F)(CC1)CC2)c1cc(C(=O)NCc2ccc3c(c2)NC(=O)CO3)nc2c(F)cnn12. The Morgan fingerprint density at radius 3 is 2.74 bits per heavy atom. The lowest BCUT2D eigenvalue weighted by molar-refractivity contribution is -0.118. The van der Waals surface area contributed by atoms with Crippen LogP contribution in [0.1, 0.15) is 60.3 Å². The summed E-state index contributed by atoms with van der Waals surface area (Å²) in [6, 6.07) is 6.62. The molecule has 0 spiro atoms. The Bertz CT molecular complexity index is 1460. The van der Waals surface area contributed by atoms with Crippen LogP contribution in [0.2, 0.25) is 0 Å². The predicted octanol–water partition coefficient (Wildman–Crippen LogP) is 2.90. The molecule has 3 aliphatic carbocycles. The van der Waals surface area contributed by atoms with Crippen molar-refractivity contribution in [3.05, 3.63) is 53.2 Å². The van der Waals surface area contributed by atoms with Crippen LogP contribution in [0.3, 0.4) is 0 Å². The van der Waals surface area contributed by atoms with Crippen LogP contribution >= 0.6 is 0 Å². The highest BCUT2D eigenvalue weighted by Crippen LogP contribution is 2.54. The molecule has 3 fully saturated rings. The van der Waals surface area contributed by atoms with Gasteiger partial charge in [0.2, 0.25) is 0 Å². The number of amides is 2. The smallest absolute Gasteiger partial charge is 0.270 e. The van der Waals surface area contributed by atoms with Gasteiger partial charge in [-0.1, -0.05) is 6.07 Å². The molecule has 0 unspecified atom stereocenters. The van der Waals surface area contributed by atoms with Crippen LogP contribution in [0.15, 0.2) is 35.5 Å². The summed E-state index contributed by atoms with van der Waals surface area (Å²) in [6.07, 6.45) is 4.91. The molecule has 3 heterocycles. The second kappa shape index (κ2) is 9.03. The number of ether oxygens (including phenoxy) is 1. The van der Waals surface area contributed by atoms with E-state index in [2.05, 4.69) is 25.7 Å². The molecule has 38 heavy (non-hydrogen) atoms. The monoisotopic (exact) mass is 523 g/mol. The normalized spacial score (nSPS) is 24.6. The fourth-order valence-corrected chi connectivity index (χ4v) is 5.54. The lowest BCUT2D eigenvalue weighted by atomic mass is 9.59. The van der Waals surface area contributed by atoms with Gasteiger partial charge in [-0.05, 0) is 67.7 Å². The first-order valence-corrected chi connectivity index (χ1v) is 12.6. The number of amidine groups is 1. The van der Waals surface area contributed by atoms with Gasteiger partial charge in [0.1, 0.15) is 28.6 Å². The Morgan fingerprint density at radius 2 is 1.97 bits per heavy atom. The number of fused-ring (bicyclic) bond motifs is 5. The third-order valence-corrected chi connectivity index (χ3v) is 7.95. The molecule has 0 atom stereocenters. The van der Waals surface area contributed by atoms with Gasteiger partial charge in [-0.25, -0.2) is 18.3 Å². The number of nitrogens with zero attached hydrogens (tertiary/aromatic N) is 4. The van der Waals surface area contributed by atoms with Crippen molar-refractivity contribution >= 4 is 29.0 Å². The number of halogens is 2. The van der Waals surface area contributed by atoms with Crippen molar-refractivity contribution in [2.45, 2.75) is 50.7 Å². The zero-order valence-electron chi connectivity index (χ0n) is 20.6. The average Bonchev–Trinajstić information content (AvgIpc) is 3.31. The minimum absolute atomic E-state index is 0.0452. The van der Waals surface area contributed by atoms with E-state index in [1.807, 2.05) is 0 Å². The van der Waals surface area contributed by atoms with Crippen LogP contribution < -0.4 is 21.1 Å². The summed E-state index contributed by atoms with van der Waals surface area (Å²) in [6.45, 7) is 0.521. The molecule has 3 aromatic rings. The van der Waals surface area contributed by atoms with Crippen LogP contribution in [-0.2, 0) is 11.3 Å². The largest absolute Gasteiger partial charge is 0.482 e. The van der Waals surface area contributed by atoms with E-state index in [0.29, 0.717) is 37.2 Å².